The molecule has 0 aromatic carbocycles. The van der Waals surface area contributed by atoms with Crippen LogP contribution in [0.2, 0.25) is 0 Å². The van der Waals surface area contributed by atoms with Crippen LogP contribution < -0.4 is 4.90 Å². The van der Waals surface area contributed by atoms with Crippen LogP contribution in [0.15, 0.2) is 18.7 Å². The van der Waals surface area contributed by atoms with Gasteiger partial charge in [0.15, 0.2) is 0 Å². The van der Waals surface area contributed by atoms with E-state index < -0.39 is 0 Å². The first kappa shape index (κ1) is 16.1. The van der Waals surface area contributed by atoms with Crippen molar-refractivity contribution in [2.75, 3.05) is 31.1 Å². The predicted octanol–water partition coefficient (Wildman–Crippen LogP) is 2.33. The molecule has 26 heavy (non-hydrogen) atoms. The Kier molecular flexibility index (Phi) is 3.89. The molecule has 0 spiro atoms. The number of anilines is 1. The maximum Gasteiger partial charge on any atom is 0.135 e. The first-order chi connectivity index (χ1) is 12.7. The molecule has 2 atom stereocenters. The van der Waals surface area contributed by atoms with E-state index in [-0.39, 0.29) is 0 Å². The highest BCUT2D eigenvalue weighted by atomic mass is 15.3. The molecular weight excluding hydrogens is 324 g/mol. The summed E-state index contributed by atoms with van der Waals surface area (Å²) in [7, 11) is 0. The fourth-order valence-electron chi connectivity index (χ4n) is 4.49. The van der Waals surface area contributed by atoms with Gasteiger partial charge < -0.3 is 4.90 Å². The van der Waals surface area contributed by atoms with Gasteiger partial charge in [-0.25, -0.2) is 19.9 Å². The average molecular weight is 350 g/mol. The molecular formula is C20H26N6. The Bertz CT molecular complexity index is 786. The summed E-state index contributed by atoms with van der Waals surface area (Å²) in [6.07, 6.45) is 8.29. The van der Waals surface area contributed by atoms with Gasteiger partial charge in [0.05, 0.1) is 0 Å². The summed E-state index contributed by atoms with van der Waals surface area (Å²) in [4.78, 5) is 23.0. The summed E-state index contributed by atoms with van der Waals surface area (Å²) in [6, 6.07) is 0. The molecule has 3 fully saturated rings. The molecule has 136 valence electrons. The lowest BCUT2D eigenvalue weighted by atomic mass is 10.0. The molecule has 4 heterocycles. The van der Waals surface area contributed by atoms with Gasteiger partial charge in [-0.2, -0.15) is 0 Å². The number of hydrogen-bond donors (Lipinski definition) is 0. The maximum absolute atomic E-state index is 4.56. The highest BCUT2D eigenvalue weighted by Gasteiger charge is 2.40. The summed E-state index contributed by atoms with van der Waals surface area (Å²) in [5.41, 5.74) is 3.55. The van der Waals surface area contributed by atoms with Crippen LogP contribution >= 0.6 is 0 Å². The molecule has 1 saturated carbocycles. The standard InChI is InChI=1S/C20H26N6/c1-13-14(2)23-12-24-20(13)26-10-17-8-25(9-18(17)11-26)7-15-5-21-19(22-6-15)16-3-4-16/h5-6,12,16-18H,3-4,7-11H2,1-2H3. The first-order valence-electron chi connectivity index (χ1n) is 9.73. The molecule has 6 heteroatoms. The third-order valence-electron chi connectivity index (χ3n) is 6.24. The van der Waals surface area contributed by atoms with E-state index in [4.69, 9.17) is 0 Å². The fourth-order valence-corrected chi connectivity index (χ4v) is 4.49. The molecule has 0 bridgehead atoms. The Morgan fingerprint density at radius 3 is 2.27 bits per heavy atom. The number of nitrogens with zero attached hydrogens (tertiary/aromatic N) is 6. The number of aromatic nitrogens is 4. The zero-order valence-corrected chi connectivity index (χ0v) is 15.6. The SMILES string of the molecule is Cc1ncnc(N2CC3CN(Cc4cnc(C5CC5)nc4)CC3C2)c1C. The van der Waals surface area contributed by atoms with Crippen LogP contribution in [0.5, 0.6) is 0 Å². The molecule has 0 N–H and O–H groups in total. The maximum atomic E-state index is 4.56. The van der Waals surface area contributed by atoms with E-state index in [0.29, 0.717) is 5.92 Å². The Balaban J connectivity index is 1.21. The predicted molar refractivity (Wildman–Crippen MR) is 100.0 cm³/mol. The van der Waals surface area contributed by atoms with Crippen LogP contribution in [-0.4, -0.2) is 51.0 Å². The summed E-state index contributed by atoms with van der Waals surface area (Å²) in [5.74, 6) is 4.27. The van der Waals surface area contributed by atoms with E-state index in [1.165, 1.54) is 24.0 Å². The van der Waals surface area contributed by atoms with Gasteiger partial charge in [0, 0.05) is 67.9 Å². The van der Waals surface area contributed by atoms with Gasteiger partial charge in [0.25, 0.3) is 0 Å². The van der Waals surface area contributed by atoms with Crippen LogP contribution in [0.4, 0.5) is 5.82 Å². The van der Waals surface area contributed by atoms with Crippen molar-refractivity contribution in [1.82, 2.24) is 24.8 Å². The van der Waals surface area contributed by atoms with E-state index in [1.807, 2.05) is 12.4 Å². The Hall–Kier alpha value is -2.08. The molecule has 0 amide bonds. The van der Waals surface area contributed by atoms with E-state index in [9.17, 15) is 0 Å². The minimum absolute atomic E-state index is 0.634. The summed E-state index contributed by atoms with van der Waals surface area (Å²) < 4.78 is 0. The van der Waals surface area contributed by atoms with Crippen molar-refractivity contribution in [2.24, 2.45) is 11.8 Å². The lowest BCUT2D eigenvalue weighted by molar-refractivity contribution is 0.308. The molecule has 2 aromatic heterocycles. The van der Waals surface area contributed by atoms with Crippen LogP contribution in [0, 0.1) is 25.7 Å². The topological polar surface area (TPSA) is 58.0 Å². The summed E-state index contributed by atoms with van der Waals surface area (Å²) in [5, 5.41) is 0. The van der Waals surface area contributed by atoms with Crippen molar-refractivity contribution in [3.8, 4) is 0 Å². The van der Waals surface area contributed by atoms with Gasteiger partial charge in [-0.05, 0) is 38.5 Å². The monoisotopic (exact) mass is 350 g/mol. The van der Waals surface area contributed by atoms with Gasteiger partial charge in [0.1, 0.15) is 18.0 Å². The summed E-state index contributed by atoms with van der Waals surface area (Å²) >= 11 is 0. The van der Waals surface area contributed by atoms with Crippen LogP contribution in [0.1, 0.15) is 41.4 Å². The number of likely N-dealkylation sites (tertiary alicyclic amines) is 1. The second-order valence-corrected chi connectivity index (χ2v) is 8.25. The Labute approximate surface area is 154 Å². The largest absolute Gasteiger partial charge is 0.356 e. The molecule has 2 saturated heterocycles. The van der Waals surface area contributed by atoms with E-state index in [1.54, 1.807) is 6.33 Å². The van der Waals surface area contributed by atoms with Crippen molar-refractivity contribution in [3.63, 3.8) is 0 Å². The number of aryl methyl sites for hydroxylation is 1. The molecule has 6 nitrogen and oxygen atoms in total. The quantitative estimate of drug-likeness (QED) is 0.843. The van der Waals surface area contributed by atoms with Gasteiger partial charge in [-0.1, -0.05) is 0 Å². The van der Waals surface area contributed by atoms with Crippen LogP contribution in [0.3, 0.4) is 0 Å². The smallest absolute Gasteiger partial charge is 0.135 e. The van der Waals surface area contributed by atoms with Crippen molar-refractivity contribution >= 4 is 5.82 Å². The van der Waals surface area contributed by atoms with Gasteiger partial charge >= 0.3 is 0 Å². The van der Waals surface area contributed by atoms with Crippen molar-refractivity contribution < 1.29 is 0 Å². The molecule has 2 aliphatic heterocycles. The number of hydrogen-bond acceptors (Lipinski definition) is 6. The van der Waals surface area contributed by atoms with Crippen molar-refractivity contribution in [1.29, 1.82) is 0 Å². The lowest BCUT2D eigenvalue weighted by Crippen LogP contribution is -2.29. The normalized spacial score (nSPS) is 25.7. The van der Waals surface area contributed by atoms with Crippen molar-refractivity contribution in [3.05, 3.63) is 41.4 Å². The highest BCUT2D eigenvalue weighted by Crippen LogP contribution is 2.38. The van der Waals surface area contributed by atoms with Gasteiger partial charge in [-0.15, -0.1) is 0 Å². The molecule has 3 aliphatic rings. The van der Waals surface area contributed by atoms with Crippen LogP contribution in [-0.2, 0) is 6.54 Å². The molecule has 0 radical (unpaired) electrons. The number of rotatable bonds is 4. The second kappa shape index (κ2) is 6.27. The lowest BCUT2D eigenvalue weighted by Gasteiger charge is -2.23. The second-order valence-electron chi connectivity index (χ2n) is 8.25. The Morgan fingerprint density at radius 1 is 0.923 bits per heavy atom. The minimum Gasteiger partial charge on any atom is -0.356 e. The molecule has 1 aliphatic carbocycles. The average Bonchev–Trinajstić information content (AvgIpc) is 3.31. The first-order valence-corrected chi connectivity index (χ1v) is 9.73. The molecule has 5 rings (SSSR count). The number of fused-ring (bicyclic) bond motifs is 1. The van der Waals surface area contributed by atoms with Crippen LogP contribution in [0.25, 0.3) is 0 Å². The van der Waals surface area contributed by atoms with E-state index in [0.717, 1.165) is 61.9 Å². The van der Waals surface area contributed by atoms with Crippen molar-refractivity contribution in [2.45, 2.75) is 39.2 Å². The molecule has 2 unspecified atom stereocenters. The van der Waals surface area contributed by atoms with Gasteiger partial charge in [-0.3, -0.25) is 4.90 Å². The zero-order valence-electron chi connectivity index (χ0n) is 15.6. The highest BCUT2D eigenvalue weighted by molar-refractivity contribution is 5.48. The Morgan fingerprint density at radius 2 is 1.62 bits per heavy atom. The third kappa shape index (κ3) is 2.96. The van der Waals surface area contributed by atoms with E-state index in [2.05, 4.69) is 43.6 Å². The zero-order chi connectivity index (χ0) is 17.7. The summed E-state index contributed by atoms with van der Waals surface area (Å²) in [6.45, 7) is 9.71. The molecule has 2 aromatic rings. The third-order valence-corrected chi connectivity index (χ3v) is 6.24. The fraction of sp³-hybridized carbons (Fsp3) is 0.600. The minimum atomic E-state index is 0.634. The van der Waals surface area contributed by atoms with E-state index >= 15 is 0 Å². The van der Waals surface area contributed by atoms with Gasteiger partial charge in [0.2, 0.25) is 0 Å².